The largest absolute Gasteiger partial charge is 0.345 e. The van der Waals surface area contributed by atoms with E-state index in [9.17, 15) is 9.59 Å². The average Bonchev–Trinajstić information content (AvgIpc) is 3.35. The second-order valence-electron chi connectivity index (χ2n) is 7.45. The van der Waals surface area contributed by atoms with E-state index in [-0.39, 0.29) is 17.7 Å². The lowest BCUT2D eigenvalue weighted by Gasteiger charge is -2.17. The summed E-state index contributed by atoms with van der Waals surface area (Å²) in [5.74, 6) is 0.0565. The predicted molar refractivity (Wildman–Crippen MR) is 106 cm³/mol. The fourth-order valence-electron chi connectivity index (χ4n) is 3.72. The molecule has 0 saturated carbocycles. The molecular formula is C21H23N5O2. The first kappa shape index (κ1) is 18.2. The minimum Gasteiger partial charge on any atom is -0.345 e. The highest BCUT2D eigenvalue weighted by Crippen LogP contribution is 2.30. The van der Waals surface area contributed by atoms with Crippen molar-refractivity contribution in [3.05, 3.63) is 59.5 Å². The molecule has 144 valence electrons. The molecule has 1 aliphatic rings. The van der Waals surface area contributed by atoms with E-state index in [0.29, 0.717) is 24.2 Å². The van der Waals surface area contributed by atoms with Crippen LogP contribution in [0.25, 0.3) is 10.9 Å². The van der Waals surface area contributed by atoms with E-state index in [2.05, 4.69) is 5.10 Å². The number of carbonyl (C=O) groups is 2. The Kier molecular flexibility index (Phi) is 4.58. The molecule has 0 aliphatic carbocycles. The number of likely N-dealkylation sites (tertiary alicyclic amines) is 1. The molecule has 2 amide bonds. The highest BCUT2D eigenvalue weighted by molar-refractivity contribution is 6.06. The van der Waals surface area contributed by atoms with Gasteiger partial charge in [0, 0.05) is 57.4 Å². The molecule has 7 heteroatoms. The number of aryl methyl sites for hydroxylation is 1. The zero-order valence-corrected chi connectivity index (χ0v) is 16.3. The molecular weight excluding hydrogens is 354 g/mol. The van der Waals surface area contributed by atoms with Gasteiger partial charge < -0.3 is 9.80 Å². The lowest BCUT2D eigenvalue weighted by molar-refractivity contribution is 0.0788. The summed E-state index contributed by atoms with van der Waals surface area (Å²) in [6.07, 6.45) is 4.16. The number of carbonyl (C=O) groups excluding carboxylic acids is 2. The van der Waals surface area contributed by atoms with Gasteiger partial charge in [-0.2, -0.15) is 5.10 Å². The Labute approximate surface area is 163 Å². The number of benzene rings is 1. The maximum absolute atomic E-state index is 12.7. The van der Waals surface area contributed by atoms with Crippen LogP contribution in [0, 0.1) is 0 Å². The molecule has 0 bridgehead atoms. The third-order valence-corrected chi connectivity index (χ3v) is 5.22. The van der Waals surface area contributed by atoms with E-state index in [1.165, 1.54) is 0 Å². The number of rotatable bonds is 3. The second-order valence-corrected chi connectivity index (χ2v) is 7.45. The quantitative estimate of drug-likeness (QED) is 0.702. The maximum atomic E-state index is 12.7. The number of amides is 2. The summed E-state index contributed by atoms with van der Waals surface area (Å²) in [7, 11) is 5.30. The fourth-order valence-corrected chi connectivity index (χ4v) is 3.72. The Balaban J connectivity index is 1.64. The van der Waals surface area contributed by atoms with Crippen LogP contribution in [0.15, 0.2) is 42.7 Å². The molecule has 1 atom stereocenters. The third-order valence-electron chi connectivity index (χ3n) is 5.22. The predicted octanol–water partition coefficient (Wildman–Crippen LogP) is 2.30. The smallest absolute Gasteiger partial charge is 0.257 e. The van der Waals surface area contributed by atoms with E-state index < -0.39 is 0 Å². The summed E-state index contributed by atoms with van der Waals surface area (Å²) in [6, 6.07) is 9.60. The molecule has 0 spiro atoms. The number of fused-ring (bicyclic) bond motifs is 1. The van der Waals surface area contributed by atoms with Crippen LogP contribution in [0.4, 0.5) is 0 Å². The van der Waals surface area contributed by atoms with Crippen molar-refractivity contribution in [3.63, 3.8) is 0 Å². The van der Waals surface area contributed by atoms with Crippen LogP contribution < -0.4 is 0 Å². The van der Waals surface area contributed by atoms with Crippen molar-refractivity contribution in [2.24, 2.45) is 7.05 Å². The SMILES string of the molecule is CN(C)C(=O)c1cc(C2CCN(C(=O)c3cnn(C)c3)C2)nc2ccccc12. The molecule has 1 saturated heterocycles. The minimum absolute atomic E-state index is 0.0130. The van der Waals surface area contributed by atoms with Crippen molar-refractivity contribution < 1.29 is 9.59 Å². The molecule has 28 heavy (non-hydrogen) atoms. The third kappa shape index (κ3) is 3.24. The van der Waals surface area contributed by atoms with Crippen LogP contribution in [-0.4, -0.2) is 63.6 Å². The van der Waals surface area contributed by atoms with Crippen molar-refractivity contribution in [1.29, 1.82) is 0 Å². The number of hydrogen-bond donors (Lipinski definition) is 0. The molecule has 1 aromatic carbocycles. The van der Waals surface area contributed by atoms with E-state index in [1.807, 2.05) is 35.2 Å². The fraction of sp³-hybridized carbons (Fsp3) is 0.333. The number of para-hydroxylation sites is 1. The molecule has 1 fully saturated rings. The normalized spacial score (nSPS) is 16.5. The zero-order valence-electron chi connectivity index (χ0n) is 16.3. The van der Waals surface area contributed by atoms with E-state index >= 15 is 0 Å². The van der Waals surface area contributed by atoms with Crippen LogP contribution in [0.3, 0.4) is 0 Å². The van der Waals surface area contributed by atoms with Crippen molar-refractivity contribution in [2.45, 2.75) is 12.3 Å². The van der Waals surface area contributed by atoms with Gasteiger partial charge in [-0.25, -0.2) is 0 Å². The van der Waals surface area contributed by atoms with Crippen molar-refractivity contribution in [1.82, 2.24) is 24.6 Å². The molecule has 4 rings (SSSR count). The molecule has 7 nitrogen and oxygen atoms in total. The van der Waals surface area contributed by atoms with Gasteiger partial charge in [0.15, 0.2) is 0 Å². The van der Waals surface area contributed by atoms with Crippen LogP contribution in [0.1, 0.15) is 38.7 Å². The maximum Gasteiger partial charge on any atom is 0.257 e. The minimum atomic E-state index is -0.0406. The Morgan fingerprint density at radius 3 is 2.71 bits per heavy atom. The first-order valence-corrected chi connectivity index (χ1v) is 9.33. The van der Waals surface area contributed by atoms with Crippen molar-refractivity contribution >= 4 is 22.7 Å². The standard InChI is InChI=1S/C21H23N5O2/c1-24(2)21(28)17-10-19(23-18-7-5-4-6-16(17)18)14-8-9-26(13-14)20(27)15-11-22-25(3)12-15/h4-7,10-12,14H,8-9,13H2,1-3H3. The van der Waals surface area contributed by atoms with Gasteiger partial charge in [-0.05, 0) is 18.6 Å². The van der Waals surface area contributed by atoms with Gasteiger partial charge in [-0.15, -0.1) is 0 Å². The Morgan fingerprint density at radius 1 is 1.21 bits per heavy atom. The van der Waals surface area contributed by atoms with E-state index in [1.54, 1.807) is 43.1 Å². The summed E-state index contributed by atoms with van der Waals surface area (Å²) in [6.45, 7) is 1.26. The number of hydrogen-bond acceptors (Lipinski definition) is 4. The number of pyridine rings is 1. The van der Waals surface area contributed by atoms with Crippen LogP contribution in [0.5, 0.6) is 0 Å². The lowest BCUT2D eigenvalue weighted by Crippen LogP contribution is -2.28. The van der Waals surface area contributed by atoms with Gasteiger partial charge in [0.1, 0.15) is 0 Å². The first-order chi connectivity index (χ1) is 13.4. The lowest BCUT2D eigenvalue weighted by atomic mass is 9.99. The molecule has 3 heterocycles. The monoisotopic (exact) mass is 377 g/mol. The first-order valence-electron chi connectivity index (χ1n) is 9.33. The van der Waals surface area contributed by atoms with Gasteiger partial charge in [-0.1, -0.05) is 18.2 Å². The molecule has 3 aromatic rings. The number of nitrogens with zero attached hydrogens (tertiary/aromatic N) is 5. The van der Waals surface area contributed by atoms with Gasteiger partial charge in [-0.3, -0.25) is 19.3 Å². The zero-order chi connectivity index (χ0) is 19.8. The van der Waals surface area contributed by atoms with Crippen LogP contribution >= 0.6 is 0 Å². The van der Waals surface area contributed by atoms with Crippen LogP contribution in [-0.2, 0) is 7.05 Å². The average molecular weight is 377 g/mol. The topological polar surface area (TPSA) is 71.3 Å². The second kappa shape index (κ2) is 7.07. The molecule has 1 unspecified atom stereocenters. The van der Waals surface area contributed by atoms with Crippen molar-refractivity contribution in [2.75, 3.05) is 27.2 Å². The van der Waals surface area contributed by atoms with Crippen molar-refractivity contribution in [3.8, 4) is 0 Å². The Morgan fingerprint density at radius 2 is 2.00 bits per heavy atom. The Hall–Kier alpha value is -3.22. The van der Waals surface area contributed by atoms with Gasteiger partial charge in [0.05, 0.1) is 22.8 Å². The van der Waals surface area contributed by atoms with Gasteiger partial charge >= 0.3 is 0 Å². The van der Waals surface area contributed by atoms with Crippen LogP contribution in [0.2, 0.25) is 0 Å². The summed E-state index contributed by atoms with van der Waals surface area (Å²) >= 11 is 0. The summed E-state index contributed by atoms with van der Waals surface area (Å²) < 4.78 is 1.63. The summed E-state index contributed by atoms with van der Waals surface area (Å²) in [5, 5.41) is 4.94. The molecule has 1 aliphatic heterocycles. The summed E-state index contributed by atoms with van der Waals surface area (Å²) in [5.41, 5.74) is 2.92. The van der Waals surface area contributed by atoms with E-state index in [4.69, 9.17) is 4.98 Å². The molecule has 0 radical (unpaired) electrons. The molecule has 2 aromatic heterocycles. The van der Waals surface area contributed by atoms with Gasteiger partial charge in [0.2, 0.25) is 0 Å². The highest BCUT2D eigenvalue weighted by Gasteiger charge is 2.30. The Bertz CT molecular complexity index is 1060. The highest BCUT2D eigenvalue weighted by atomic mass is 16.2. The van der Waals surface area contributed by atoms with Gasteiger partial charge in [0.25, 0.3) is 11.8 Å². The molecule has 0 N–H and O–H groups in total. The summed E-state index contributed by atoms with van der Waals surface area (Å²) in [4.78, 5) is 33.6. The number of aromatic nitrogens is 3. The van der Waals surface area contributed by atoms with E-state index in [0.717, 1.165) is 23.0 Å².